The molecular weight excluding hydrogens is 400 g/mol. The number of anilines is 1. The quantitative estimate of drug-likeness (QED) is 0.684. The van der Waals surface area contributed by atoms with Crippen molar-refractivity contribution < 1.29 is 28.6 Å². The molecule has 0 aliphatic carbocycles. The minimum absolute atomic E-state index is 0.0863. The Labute approximate surface area is 180 Å². The smallest absolute Gasteiger partial charge is 0.338 e. The second-order valence-electron chi connectivity index (χ2n) is 7.35. The third kappa shape index (κ3) is 5.14. The summed E-state index contributed by atoms with van der Waals surface area (Å²) in [6, 6.07) is 12.3. The van der Waals surface area contributed by atoms with Crippen LogP contribution in [0.25, 0.3) is 0 Å². The predicted octanol–water partition coefficient (Wildman–Crippen LogP) is 2.10. The summed E-state index contributed by atoms with van der Waals surface area (Å²) in [7, 11) is 0. The number of hydrogen-bond acceptors (Lipinski definition) is 6. The molecule has 0 spiro atoms. The highest BCUT2D eigenvalue weighted by molar-refractivity contribution is 5.96. The minimum atomic E-state index is -0.582. The number of carbonyl (C=O) groups excluding carboxylic acids is 3. The maximum absolute atomic E-state index is 12.2. The standard InChI is InChI=1S/C23H24N2O6/c26-21(24-10-9-16-3-8-19-20(14-16)30-13-12-29-19)15-31-23(28)17-4-6-18(7-5-17)25-11-1-2-22(25)27/h3-8,14H,1-2,9-13,15H2,(H,24,26). The van der Waals surface area contributed by atoms with Gasteiger partial charge in [-0.15, -0.1) is 0 Å². The fourth-order valence-electron chi connectivity index (χ4n) is 3.55. The lowest BCUT2D eigenvalue weighted by molar-refractivity contribution is -0.124. The van der Waals surface area contributed by atoms with Crippen molar-refractivity contribution in [1.29, 1.82) is 0 Å². The minimum Gasteiger partial charge on any atom is -0.486 e. The summed E-state index contributed by atoms with van der Waals surface area (Å²) in [6.45, 7) is 1.82. The van der Waals surface area contributed by atoms with Gasteiger partial charge in [0.05, 0.1) is 5.56 Å². The Bertz CT molecular complexity index is 973. The third-order valence-electron chi connectivity index (χ3n) is 5.16. The topological polar surface area (TPSA) is 94.2 Å². The molecule has 0 aromatic heterocycles. The van der Waals surface area contributed by atoms with E-state index in [9.17, 15) is 14.4 Å². The van der Waals surface area contributed by atoms with Crippen molar-refractivity contribution >= 4 is 23.5 Å². The Kier molecular flexibility index (Phi) is 6.35. The molecule has 1 saturated heterocycles. The van der Waals surface area contributed by atoms with E-state index in [0.29, 0.717) is 50.5 Å². The van der Waals surface area contributed by atoms with Crippen LogP contribution in [0.1, 0.15) is 28.8 Å². The van der Waals surface area contributed by atoms with Crippen molar-refractivity contribution in [2.75, 3.05) is 37.8 Å². The summed E-state index contributed by atoms with van der Waals surface area (Å²) in [6.07, 6.45) is 2.01. The van der Waals surface area contributed by atoms with E-state index in [1.54, 1.807) is 29.2 Å². The lowest BCUT2D eigenvalue weighted by Crippen LogP contribution is -2.30. The molecule has 8 heteroatoms. The molecule has 0 unspecified atom stereocenters. The van der Waals surface area contributed by atoms with E-state index in [1.165, 1.54) is 0 Å². The summed E-state index contributed by atoms with van der Waals surface area (Å²) in [4.78, 5) is 37.6. The fraction of sp³-hybridized carbons (Fsp3) is 0.348. The maximum Gasteiger partial charge on any atom is 0.338 e. The van der Waals surface area contributed by atoms with Gasteiger partial charge in [-0.05, 0) is 54.8 Å². The molecule has 2 aliphatic heterocycles. The van der Waals surface area contributed by atoms with E-state index < -0.39 is 5.97 Å². The van der Waals surface area contributed by atoms with E-state index in [0.717, 1.165) is 23.4 Å². The average molecular weight is 424 g/mol. The number of nitrogens with zero attached hydrogens (tertiary/aromatic N) is 1. The van der Waals surface area contributed by atoms with Gasteiger partial charge in [0.25, 0.3) is 5.91 Å². The molecule has 1 N–H and O–H groups in total. The number of nitrogens with one attached hydrogen (secondary N) is 1. The van der Waals surface area contributed by atoms with Crippen molar-refractivity contribution in [3.8, 4) is 11.5 Å². The maximum atomic E-state index is 12.2. The Morgan fingerprint density at radius 2 is 1.81 bits per heavy atom. The summed E-state index contributed by atoms with van der Waals surface area (Å²) < 4.78 is 16.1. The molecule has 2 aromatic rings. The zero-order valence-corrected chi connectivity index (χ0v) is 17.1. The van der Waals surface area contributed by atoms with Gasteiger partial charge in [-0.1, -0.05) is 6.07 Å². The average Bonchev–Trinajstić information content (AvgIpc) is 3.23. The molecule has 4 rings (SSSR count). The van der Waals surface area contributed by atoms with Gasteiger partial charge in [-0.3, -0.25) is 9.59 Å². The Hall–Kier alpha value is -3.55. The lowest BCUT2D eigenvalue weighted by atomic mass is 10.1. The molecule has 0 radical (unpaired) electrons. The van der Waals surface area contributed by atoms with Crippen molar-refractivity contribution in [2.24, 2.45) is 0 Å². The first-order valence-electron chi connectivity index (χ1n) is 10.3. The predicted molar refractivity (Wildman–Crippen MR) is 112 cm³/mol. The number of rotatable bonds is 7. The van der Waals surface area contributed by atoms with Crippen LogP contribution in [-0.2, 0) is 20.7 Å². The second-order valence-corrected chi connectivity index (χ2v) is 7.35. The zero-order chi connectivity index (χ0) is 21.6. The number of benzene rings is 2. The van der Waals surface area contributed by atoms with Crippen LogP contribution >= 0.6 is 0 Å². The zero-order valence-electron chi connectivity index (χ0n) is 17.1. The van der Waals surface area contributed by atoms with Crippen molar-refractivity contribution in [3.63, 3.8) is 0 Å². The van der Waals surface area contributed by atoms with E-state index in [4.69, 9.17) is 14.2 Å². The van der Waals surface area contributed by atoms with Crippen LogP contribution < -0.4 is 19.7 Å². The van der Waals surface area contributed by atoms with Crippen LogP contribution in [0.5, 0.6) is 11.5 Å². The fourth-order valence-corrected chi connectivity index (χ4v) is 3.55. The molecule has 2 aromatic carbocycles. The molecular formula is C23H24N2O6. The van der Waals surface area contributed by atoms with Crippen LogP contribution in [0, 0.1) is 0 Å². The summed E-state index contributed by atoms with van der Waals surface area (Å²) in [5.41, 5.74) is 2.11. The molecule has 162 valence electrons. The van der Waals surface area contributed by atoms with Crippen LogP contribution in [0.15, 0.2) is 42.5 Å². The molecule has 0 saturated carbocycles. The van der Waals surface area contributed by atoms with Gasteiger partial charge in [0.2, 0.25) is 5.91 Å². The Morgan fingerprint density at radius 1 is 1.03 bits per heavy atom. The van der Waals surface area contributed by atoms with Crippen molar-refractivity contribution in [2.45, 2.75) is 19.3 Å². The third-order valence-corrected chi connectivity index (χ3v) is 5.16. The second kappa shape index (κ2) is 9.51. The number of fused-ring (bicyclic) bond motifs is 1. The van der Waals surface area contributed by atoms with E-state index in [-0.39, 0.29) is 18.4 Å². The first-order valence-corrected chi connectivity index (χ1v) is 10.3. The van der Waals surface area contributed by atoms with Gasteiger partial charge in [0, 0.05) is 25.2 Å². The van der Waals surface area contributed by atoms with Gasteiger partial charge < -0.3 is 24.4 Å². The van der Waals surface area contributed by atoms with E-state index in [1.807, 2.05) is 18.2 Å². The normalized spacial score (nSPS) is 15.0. The monoisotopic (exact) mass is 424 g/mol. The largest absolute Gasteiger partial charge is 0.486 e. The molecule has 0 bridgehead atoms. The highest BCUT2D eigenvalue weighted by atomic mass is 16.6. The number of esters is 1. The first-order chi connectivity index (χ1) is 15.1. The molecule has 31 heavy (non-hydrogen) atoms. The van der Waals surface area contributed by atoms with Crippen LogP contribution in [0.2, 0.25) is 0 Å². The summed E-state index contributed by atoms with van der Waals surface area (Å²) in [5.74, 6) is 0.574. The van der Waals surface area contributed by atoms with E-state index in [2.05, 4.69) is 5.32 Å². The van der Waals surface area contributed by atoms with Gasteiger partial charge in [0.1, 0.15) is 13.2 Å². The van der Waals surface area contributed by atoms with E-state index >= 15 is 0 Å². The van der Waals surface area contributed by atoms with Gasteiger partial charge in [0.15, 0.2) is 18.1 Å². The molecule has 2 aliphatic rings. The first kappa shape index (κ1) is 20.7. The number of amides is 2. The number of ether oxygens (including phenoxy) is 3. The SMILES string of the molecule is O=C(COC(=O)c1ccc(N2CCCC2=O)cc1)NCCc1ccc2c(c1)OCCO2. The van der Waals surface area contributed by atoms with Crippen molar-refractivity contribution in [3.05, 3.63) is 53.6 Å². The number of carbonyl (C=O) groups is 3. The van der Waals surface area contributed by atoms with Crippen LogP contribution in [-0.4, -0.2) is 50.7 Å². The van der Waals surface area contributed by atoms with Gasteiger partial charge in [-0.2, -0.15) is 0 Å². The molecule has 2 heterocycles. The molecule has 1 fully saturated rings. The number of hydrogen-bond donors (Lipinski definition) is 1. The van der Waals surface area contributed by atoms with Crippen LogP contribution in [0.3, 0.4) is 0 Å². The molecule has 8 nitrogen and oxygen atoms in total. The highest BCUT2D eigenvalue weighted by Crippen LogP contribution is 2.30. The molecule has 0 atom stereocenters. The van der Waals surface area contributed by atoms with Crippen LogP contribution in [0.4, 0.5) is 5.69 Å². The Morgan fingerprint density at radius 3 is 2.55 bits per heavy atom. The van der Waals surface area contributed by atoms with Gasteiger partial charge in [-0.25, -0.2) is 4.79 Å². The van der Waals surface area contributed by atoms with Crippen molar-refractivity contribution in [1.82, 2.24) is 5.32 Å². The summed E-state index contributed by atoms with van der Waals surface area (Å²) >= 11 is 0. The lowest BCUT2D eigenvalue weighted by Gasteiger charge is -2.18. The van der Waals surface area contributed by atoms with Gasteiger partial charge >= 0.3 is 5.97 Å². The Balaban J connectivity index is 1.20. The summed E-state index contributed by atoms with van der Waals surface area (Å²) in [5, 5.41) is 2.74. The highest BCUT2D eigenvalue weighted by Gasteiger charge is 2.22. The molecule has 2 amide bonds.